The molecule has 1 N–H and O–H groups in total. The Morgan fingerprint density at radius 2 is 1.82 bits per heavy atom. The molecule has 0 fully saturated rings. The molecule has 1 rings (SSSR count). The molecule has 17 heavy (non-hydrogen) atoms. The minimum absolute atomic E-state index is 0.109. The van der Waals surface area contributed by atoms with Crippen LogP contribution in [0.5, 0.6) is 0 Å². The number of alkyl halides is 3. The Bertz CT molecular complexity index is 338. The Hall–Kier alpha value is -0.780. The third-order valence-electron chi connectivity index (χ3n) is 2.06. The van der Waals surface area contributed by atoms with Gasteiger partial charge < -0.3 is 9.84 Å². The molecular weight excluding hydrogens is 257 g/mol. The summed E-state index contributed by atoms with van der Waals surface area (Å²) in [6, 6.07) is 6.46. The van der Waals surface area contributed by atoms with Gasteiger partial charge in [0.25, 0.3) is 0 Å². The quantitative estimate of drug-likeness (QED) is 0.830. The lowest BCUT2D eigenvalue weighted by Gasteiger charge is -2.12. The predicted molar refractivity (Wildman–Crippen MR) is 57.9 cm³/mol. The summed E-state index contributed by atoms with van der Waals surface area (Å²) in [6.07, 6.45) is -5.07. The van der Waals surface area contributed by atoms with Crippen LogP contribution in [0.15, 0.2) is 24.3 Å². The van der Waals surface area contributed by atoms with Crippen LogP contribution in [0.25, 0.3) is 0 Å². The molecule has 0 radical (unpaired) electrons. The third-order valence-corrected chi connectivity index (χ3v) is 2.31. The molecule has 0 heterocycles. The number of rotatable bonds is 5. The van der Waals surface area contributed by atoms with Crippen molar-refractivity contribution in [2.24, 2.45) is 0 Å². The molecule has 1 aromatic rings. The SMILES string of the molecule is OC(CCOCC(F)(F)F)c1ccc(Cl)cc1. The molecule has 2 nitrogen and oxygen atoms in total. The van der Waals surface area contributed by atoms with Crippen LogP contribution in [0.2, 0.25) is 5.02 Å². The van der Waals surface area contributed by atoms with Crippen LogP contribution in [0, 0.1) is 0 Å². The zero-order valence-corrected chi connectivity index (χ0v) is 9.63. The van der Waals surface area contributed by atoms with Gasteiger partial charge in [0, 0.05) is 18.1 Å². The lowest BCUT2D eigenvalue weighted by molar-refractivity contribution is -0.175. The van der Waals surface area contributed by atoms with Gasteiger partial charge in [0.1, 0.15) is 6.61 Å². The van der Waals surface area contributed by atoms with Gasteiger partial charge in [0.2, 0.25) is 0 Å². The van der Waals surface area contributed by atoms with E-state index in [9.17, 15) is 18.3 Å². The first-order valence-electron chi connectivity index (χ1n) is 4.96. The van der Waals surface area contributed by atoms with E-state index < -0.39 is 18.9 Å². The summed E-state index contributed by atoms with van der Waals surface area (Å²) >= 11 is 5.66. The van der Waals surface area contributed by atoms with Gasteiger partial charge in [0.15, 0.2) is 0 Å². The molecule has 0 aromatic heterocycles. The third kappa shape index (κ3) is 5.91. The second kappa shape index (κ2) is 6.23. The van der Waals surface area contributed by atoms with E-state index in [1.807, 2.05) is 0 Å². The summed E-state index contributed by atoms with van der Waals surface area (Å²) in [7, 11) is 0. The molecule has 0 bridgehead atoms. The van der Waals surface area contributed by atoms with E-state index in [1.165, 1.54) is 0 Å². The topological polar surface area (TPSA) is 29.5 Å². The van der Waals surface area contributed by atoms with E-state index in [1.54, 1.807) is 24.3 Å². The smallest absolute Gasteiger partial charge is 0.388 e. The first-order valence-corrected chi connectivity index (χ1v) is 5.34. The van der Waals surface area contributed by atoms with Crippen LogP contribution in [0.1, 0.15) is 18.1 Å². The van der Waals surface area contributed by atoms with Gasteiger partial charge in [0.05, 0.1) is 6.10 Å². The predicted octanol–water partition coefficient (Wildman–Crippen LogP) is 3.34. The summed E-state index contributed by atoms with van der Waals surface area (Å²) < 4.78 is 39.6. The Kier molecular flexibility index (Phi) is 5.24. The fraction of sp³-hybridized carbons (Fsp3) is 0.455. The van der Waals surface area contributed by atoms with E-state index in [4.69, 9.17) is 11.6 Å². The molecule has 1 aromatic carbocycles. The number of hydrogen-bond acceptors (Lipinski definition) is 2. The summed E-state index contributed by atoms with van der Waals surface area (Å²) in [5, 5.41) is 10.2. The number of aliphatic hydroxyl groups excluding tert-OH is 1. The number of ether oxygens (including phenoxy) is 1. The van der Waals surface area contributed by atoms with Crippen LogP contribution < -0.4 is 0 Å². The van der Waals surface area contributed by atoms with Gasteiger partial charge in [-0.1, -0.05) is 23.7 Å². The van der Waals surface area contributed by atoms with Crippen LogP contribution in [-0.4, -0.2) is 24.5 Å². The molecule has 96 valence electrons. The minimum atomic E-state index is -4.33. The maximum atomic E-state index is 11.7. The Morgan fingerprint density at radius 3 is 2.35 bits per heavy atom. The maximum absolute atomic E-state index is 11.7. The largest absolute Gasteiger partial charge is 0.411 e. The minimum Gasteiger partial charge on any atom is -0.388 e. The molecule has 0 aliphatic heterocycles. The van der Waals surface area contributed by atoms with Gasteiger partial charge in [-0.05, 0) is 17.7 Å². The summed E-state index contributed by atoms with van der Waals surface area (Å²) in [4.78, 5) is 0. The molecule has 0 saturated carbocycles. The van der Waals surface area contributed by atoms with E-state index in [0.717, 1.165) is 0 Å². The fourth-order valence-electron chi connectivity index (χ4n) is 1.23. The monoisotopic (exact) mass is 268 g/mol. The molecule has 0 amide bonds. The van der Waals surface area contributed by atoms with Crippen LogP contribution in [0.3, 0.4) is 0 Å². The zero-order chi connectivity index (χ0) is 12.9. The van der Waals surface area contributed by atoms with Gasteiger partial charge >= 0.3 is 6.18 Å². The van der Waals surface area contributed by atoms with Crippen molar-refractivity contribution >= 4 is 11.6 Å². The van der Waals surface area contributed by atoms with Crippen molar-refractivity contribution in [3.8, 4) is 0 Å². The normalized spacial score (nSPS) is 13.7. The van der Waals surface area contributed by atoms with Crippen molar-refractivity contribution in [2.75, 3.05) is 13.2 Å². The van der Waals surface area contributed by atoms with Crippen molar-refractivity contribution in [1.82, 2.24) is 0 Å². The van der Waals surface area contributed by atoms with E-state index >= 15 is 0 Å². The Balaban J connectivity index is 2.30. The molecule has 1 unspecified atom stereocenters. The van der Waals surface area contributed by atoms with Crippen molar-refractivity contribution in [3.05, 3.63) is 34.9 Å². The Morgan fingerprint density at radius 1 is 1.24 bits per heavy atom. The average Bonchev–Trinajstić information content (AvgIpc) is 2.24. The van der Waals surface area contributed by atoms with Gasteiger partial charge in [-0.2, -0.15) is 13.2 Å². The fourth-order valence-corrected chi connectivity index (χ4v) is 1.36. The number of halogens is 4. The highest BCUT2D eigenvalue weighted by Gasteiger charge is 2.27. The summed E-state index contributed by atoms with van der Waals surface area (Å²) in [6.45, 7) is -1.44. The molecule has 6 heteroatoms. The van der Waals surface area contributed by atoms with Crippen LogP contribution in [0.4, 0.5) is 13.2 Å². The molecular formula is C11H12ClF3O2. The highest BCUT2D eigenvalue weighted by molar-refractivity contribution is 6.30. The number of benzene rings is 1. The van der Waals surface area contributed by atoms with Gasteiger partial charge in [-0.3, -0.25) is 0 Å². The standard InChI is InChI=1S/C11H12ClF3O2/c12-9-3-1-8(2-4-9)10(16)5-6-17-7-11(13,14)15/h1-4,10,16H,5-7H2. The van der Waals surface area contributed by atoms with Crippen molar-refractivity contribution in [3.63, 3.8) is 0 Å². The summed E-state index contributed by atoms with van der Waals surface area (Å²) in [5.41, 5.74) is 0.602. The molecule has 0 spiro atoms. The zero-order valence-electron chi connectivity index (χ0n) is 8.88. The highest BCUT2D eigenvalue weighted by atomic mass is 35.5. The Labute approximate surface area is 102 Å². The first-order chi connectivity index (χ1) is 7.88. The lowest BCUT2D eigenvalue weighted by atomic mass is 10.1. The second-order valence-electron chi connectivity index (χ2n) is 3.52. The van der Waals surface area contributed by atoms with Crippen molar-refractivity contribution in [2.45, 2.75) is 18.7 Å². The number of aliphatic hydroxyl groups is 1. The van der Waals surface area contributed by atoms with E-state index in [0.29, 0.717) is 10.6 Å². The van der Waals surface area contributed by atoms with Crippen LogP contribution >= 0.6 is 11.6 Å². The molecule has 0 aliphatic carbocycles. The van der Waals surface area contributed by atoms with Gasteiger partial charge in [-0.15, -0.1) is 0 Å². The summed E-state index contributed by atoms with van der Waals surface area (Å²) in [5.74, 6) is 0. The second-order valence-corrected chi connectivity index (χ2v) is 3.96. The van der Waals surface area contributed by atoms with E-state index in [-0.39, 0.29) is 13.0 Å². The van der Waals surface area contributed by atoms with Crippen molar-refractivity contribution in [1.29, 1.82) is 0 Å². The highest BCUT2D eigenvalue weighted by Crippen LogP contribution is 2.20. The van der Waals surface area contributed by atoms with Crippen LogP contribution in [-0.2, 0) is 4.74 Å². The molecule has 0 aliphatic rings. The van der Waals surface area contributed by atoms with Crippen molar-refractivity contribution < 1.29 is 23.0 Å². The van der Waals surface area contributed by atoms with E-state index in [2.05, 4.69) is 4.74 Å². The van der Waals surface area contributed by atoms with Gasteiger partial charge in [-0.25, -0.2) is 0 Å². The molecule has 1 atom stereocenters. The first kappa shape index (κ1) is 14.3. The number of hydrogen-bond donors (Lipinski definition) is 1. The maximum Gasteiger partial charge on any atom is 0.411 e. The lowest BCUT2D eigenvalue weighted by Crippen LogP contribution is -2.18. The molecule has 0 saturated heterocycles. The average molecular weight is 269 g/mol.